The van der Waals surface area contributed by atoms with Crippen molar-refractivity contribution < 1.29 is 17.9 Å². The Hall–Kier alpha value is -1.31. The molecule has 7 heteroatoms. The number of benzene rings is 1. The minimum atomic E-state index is -3.54. The Labute approximate surface area is 119 Å². The summed E-state index contributed by atoms with van der Waals surface area (Å²) in [6, 6.07) is 4.46. The van der Waals surface area contributed by atoms with E-state index in [1.54, 1.807) is 6.07 Å². The van der Waals surface area contributed by atoms with Gasteiger partial charge in [0.25, 0.3) is 0 Å². The third kappa shape index (κ3) is 2.61. The summed E-state index contributed by atoms with van der Waals surface area (Å²) in [5, 5.41) is 0. The number of sulfonamides is 1. The standard InChI is InChI=1S/C13H20N2O4S/c1-9-7-15(8-11(9)14)20(16,17)10-4-5-12(18-2)13(6-10)19-3/h4-6,9,11H,7-8,14H2,1-3H3. The Morgan fingerprint density at radius 1 is 1.20 bits per heavy atom. The van der Waals surface area contributed by atoms with Crippen molar-refractivity contribution in [3.63, 3.8) is 0 Å². The van der Waals surface area contributed by atoms with Crippen LogP contribution in [0.15, 0.2) is 23.1 Å². The first-order chi connectivity index (χ1) is 9.40. The van der Waals surface area contributed by atoms with E-state index in [0.29, 0.717) is 24.6 Å². The van der Waals surface area contributed by atoms with Gasteiger partial charge in [0, 0.05) is 25.2 Å². The van der Waals surface area contributed by atoms with Crippen LogP contribution in [0.4, 0.5) is 0 Å². The van der Waals surface area contributed by atoms with Crippen LogP contribution >= 0.6 is 0 Å². The molecule has 2 atom stereocenters. The molecule has 0 amide bonds. The summed E-state index contributed by atoms with van der Waals surface area (Å²) in [7, 11) is -0.563. The zero-order chi connectivity index (χ0) is 14.9. The number of ether oxygens (including phenoxy) is 2. The second kappa shape index (κ2) is 5.59. The molecular weight excluding hydrogens is 280 g/mol. The molecule has 1 fully saturated rings. The third-order valence-electron chi connectivity index (χ3n) is 3.63. The fourth-order valence-corrected chi connectivity index (χ4v) is 3.86. The van der Waals surface area contributed by atoms with Gasteiger partial charge in [-0.2, -0.15) is 4.31 Å². The number of hydrogen-bond donors (Lipinski definition) is 1. The van der Waals surface area contributed by atoms with Crippen LogP contribution in [0, 0.1) is 5.92 Å². The third-order valence-corrected chi connectivity index (χ3v) is 5.46. The Kier molecular flexibility index (Phi) is 4.22. The van der Waals surface area contributed by atoms with E-state index >= 15 is 0 Å². The molecular formula is C13H20N2O4S. The second-order valence-electron chi connectivity index (χ2n) is 4.98. The van der Waals surface area contributed by atoms with Crippen LogP contribution in [0.3, 0.4) is 0 Å². The molecule has 6 nitrogen and oxygen atoms in total. The average Bonchev–Trinajstić information content (AvgIpc) is 2.78. The lowest BCUT2D eigenvalue weighted by molar-refractivity contribution is 0.353. The predicted molar refractivity (Wildman–Crippen MR) is 75.4 cm³/mol. The molecule has 1 saturated heterocycles. The zero-order valence-corrected chi connectivity index (χ0v) is 12.7. The normalized spacial score (nSPS) is 23.8. The highest BCUT2D eigenvalue weighted by Gasteiger charge is 2.35. The van der Waals surface area contributed by atoms with Crippen molar-refractivity contribution in [3.8, 4) is 11.5 Å². The SMILES string of the molecule is COc1ccc(S(=O)(=O)N2CC(C)C(N)C2)cc1OC. The summed E-state index contributed by atoms with van der Waals surface area (Å²) in [6.45, 7) is 2.74. The number of rotatable bonds is 4. The van der Waals surface area contributed by atoms with Gasteiger partial charge < -0.3 is 15.2 Å². The summed E-state index contributed by atoms with van der Waals surface area (Å²) in [6.07, 6.45) is 0. The smallest absolute Gasteiger partial charge is 0.243 e. The summed E-state index contributed by atoms with van der Waals surface area (Å²) in [5.74, 6) is 1.05. The van der Waals surface area contributed by atoms with Gasteiger partial charge in [-0.1, -0.05) is 6.92 Å². The molecule has 0 radical (unpaired) electrons. The first kappa shape index (κ1) is 15.1. The van der Waals surface area contributed by atoms with E-state index in [1.807, 2.05) is 6.92 Å². The highest BCUT2D eigenvalue weighted by atomic mass is 32.2. The van der Waals surface area contributed by atoms with Gasteiger partial charge in [-0.3, -0.25) is 0 Å². The van der Waals surface area contributed by atoms with Crippen molar-refractivity contribution in [2.24, 2.45) is 11.7 Å². The second-order valence-corrected chi connectivity index (χ2v) is 6.92. The Bertz CT molecular complexity index is 578. The maximum Gasteiger partial charge on any atom is 0.243 e. The molecule has 1 aliphatic heterocycles. The topological polar surface area (TPSA) is 81.9 Å². The molecule has 0 bridgehead atoms. The molecule has 0 saturated carbocycles. The van der Waals surface area contributed by atoms with E-state index in [-0.39, 0.29) is 16.9 Å². The molecule has 20 heavy (non-hydrogen) atoms. The van der Waals surface area contributed by atoms with Crippen LogP contribution in [0.25, 0.3) is 0 Å². The van der Waals surface area contributed by atoms with Crippen molar-refractivity contribution in [2.75, 3.05) is 27.3 Å². The Morgan fingerprint density at radius 3 is 2.35 bits per heavy atom. The van der Waals surface area contributed by atoms with Gasteiger partial charge in [-0.25, -0.2) is 8.42 Å². The molecule has 2 N–H and O–H groups in total. The number of methoxy groups -OCH3 is 2. The van der Waals surface area contributed by atoms with Gasteiger partial charge >= 0.3 is 0 Å². The summed E-state index contributed by atoms with van der Waals surface area (Å²) in [4.78, 5) is 0.191. The Morgan fingerprint density at radius 2 is 1.85 bits per heavy atom. The molecule has 2 unspecified atom stereocenters. The lowest BCUT2D eigenvalue weighted by atomic mass is 10.1. The van der Waals surface area contributed by atoms with Gasteiger partial charge in [0.2, 0.25) is 10.0 Å². The predicted octanol–water partition coefficient (Wildman–Crippen LogP) is 0.672. The van der Waals surface area contributed by atoms with E-state index in [9.17, 15) is 8.42 Å². The van der Waals surface area contributed by atoms with E-state index in [0.717, 1.165) is 0 Å². The zero-order valence-electron chi connectivity index (χ0n) is 11.9. The maximum atomic E-state index is 12.6. The number of nitrogens with two attached hydrogens (primary N) is 1. The van der Waals surface area contributed by atoms with Gasteiger partial charge in [-0.05, 0) is 18.1 Å². The highest BCUT2D eigenvalue weighted by molar-refractivity contribution is 7.89. The van der Waals surface area contributed by atoms with Gasteiger partial charge in [0.05, 0.1) is 19.1 Å². The molecule has 1 aromatic carbocycles. The van der Waals surface area contributed by atoms with Crippen molar-refractivity contribution in [3.05, 3.63) is 18.2 Å². The number of hydrogen-bond acceptors (Lipinski definition) is 5. The lowest BCUT2D eigenvalue weighted by Crippen LogP contribution is -2.32. The summed E-state index contributed by atoms with van der Waals surface area (Å²) < 4.78 is 36.8. The monoisotopic (exact) mass is 300 g/mol. The molecule has 2 rings (SSSR count). The van der Waals surface area contributed by atoms with Gasteiger partial charge in [-0.15, -0.1) is 0 Å². The van der Waals surface area contributed by atoms with Crippen LogP contribution in [0.5, 0.6) is 11.5 Å². The Balaban J connectivity index is 2.35. The molecule has 0 spiro atoms. The maximum absolute atomic E-state index is 12.6. The minimum Gasteiger partial charge on any atom is -0.493 e. The van der Waals surface area contributed by atoms with Crippen molar-refractivity contribution >= 4 is 10.0 Å². The summed E-state index contributed by atoms with van der Waals surface area (Å²) >= 11 is 0. The molecule has 0 aromatic heterocycles. The average molecular weight is 300 g/mol. The quantitative estimate of drug-likeness (QED) is 0.884. The summed E-state index contributed by atoms with van der Waals surface area (Å²) in [5.41, 5.74) is 5.89. The van der Waals surface area contributed by atoms with Crippen LogP contribution in [-0.2, 0) is 10.0 Å². The van der Waals surface area contributed by atoms with E-state index < -0.39 is 10.0 Å². The molecule has 0 aliphatic carbocycles. The first-order valence-electron chi connectivity index (χ1n) is 6.38. The fraction of sp³-hybridized carbons (Fsp3) is 0.538. The van der Waals surface area contributed by atoms with Gasteiger partial charge in [0.15, 0.2) is 11.5 Å². The van der Waals surface area contributed by atoms with E-state index in [1.165, 1.54) is 30.7 Å². The van der Waals surface area contributed by atoms with Crippen LogP contribution < -0.4 is 15.2 Å². The number of nitrogens with zero attached hydrogens (tertiary/aromatic N) is 1. The van der Waals surface area contributed by atoms with Crippen LogP contribution in [0.2, 0.25) is 0 Å². The van der Waals surface area contributed by atoms with Crippen LogP contribution in [-0.4, -0.2) is 46.1 Å². The minimum absolute atomic E-state index is 0.120. The largest absolute Gasteiger partial charge is 0.493 e. The van der Waals surface area contributed by atoms with Crippen LogP contribution in [0.1, 0.15) is 6.92 Å². The van der Waals surface area contributed by atoms with E-state index in [2.05, 4.69) is 0 Å². The van der Waals surface area contributed by atoms with Crippen molar-refractivity contribution in [1.82, 2.24) is 4.31 Å². The lowest BCUT2D eigenvalue weighted by Gasteiger charge is -2.17. The first-order valence-corrected chi connectivity index (χ1v) is 7.82. The molecule has 1 aromatic rings. The van der Waals surface area contributed by atoms with Crippen molar-refractivity contribution in [2.45, 2.75) is 17.9 Å². The highest BCUT2D eigenvalue weighted by Crippen LogP contribution is 2.31. The molecule has 1 aliphatic rings. The van der Waals surface area contributed by atoms with Crippen molar-refractivity contribution in [1.29, 1.82) is 0 Å². The molecule has 112 valence electrons. The van der Waals surface area contributed by atoms with E-state index in [4.69, 9.17) is 15.2 Å². The molecule has 1 heterocycles. The van der Waals surface area contributed by atoms with Gasteiger partial charge in [0.1, 0.15) is 0 Å². The fourth-order valence-electron chi connectivity index (χ4n) is 2.27.